The SMILES string of the molecule is O=C(c1ccno1)N(c1ccn(-c2ccc(F)cc2)n1)C1CCN(CCc2ccccc2)CC1. The van der Waals surface area contributed by atoms with E-state index in [2.05, 4.69) is 39.4 Å². The first-order chi connectivity index (χ1) is 16.7. The maximum Gasteiger partial charge on any atom is 0.298 e. The van der Waals surface area contributed by atoms with Crippen LogP contribution in [0.5, 0.6) is 0 Å². The van der Waals surface area contributed by atoms with Crippen LogP contribution in [0, 0.1) is 5.82 Å². The second kappa shape index (κ2) is 10.0. The predicted octanol–water partition coefficient (Wildman–Crippen LogP) is 4.35. The Balaban J connectivity index is 1.31. The molecule has 1 saturated heterocycles. The van der Waals surface area contributed by atoms with Gasteiger partial charge in [-0.3, -0.25) is 9.69 Å². The van der Waals surface area contributed by atoms with Crippen LogP contribution in [0.15, 0.2) is 83.6 Å². The topological polar surface area (TPSA) is 67.4 Å². The van der Waals surface area contributed by atoms with Gasteiger partial charge in [0.05, 0.1) is 11.9 Å². The summed E-state index contributed by atoms with van der Waals surface area (Å²) in [4.78, 5) is 17.5. The molecule has 1 aliphatic rings. The van der Waals surface area contributed by atoms with E-state index in [9.17, 15) is 9.18 Å². The van der Waals surface area contributed by atoms with Gasteiger partial charge in [-0.15, -0.1) is 5.10 Å². The zero-order valence-electron chi connectivity index (χ0n) is 18.8. The number of halogens is 1. The minimum absolute atomic E-state index is 0.0119. The molecule has 0 saturated carbocycles. The summed E-state index contributed by atoms with van der Waals surface area (Å²) in [6, 6.07) is 19.9. The first-order valence-electron chi connectivity index (χ1n) is 11.5. The highest BCUT2D eigenvalue weighted by atomic mass is 19.1. The summed E-state index contributed by atoms with van der Waals surface area (Å²) in [7, 11) is 0. The first-order valence-corrected chi connectivity index (χ1v) is 11.5. The number of hydrogen-bond acceptors (Lipinski definition) is 5. The molecule has 4 aromatic rings. The third-order valence-corrected chi connectivity index (χ3v) is 6.26. The van der Waals surface area contributed by atoms with Gasteiger partial charge in [0, 0.05) is 44.0 Å². The summed E-state index contributed by atoms with van der Waals surface area (Å²) in [5, 5.41) is 8.33. The molecule has 174 valence electrons. The summed E-state index contributed by atoms with van der Waals surface area (Å²) in [6.45, 7) is 2.79. The summed E-state index contributed by atoms with van der Waals surface area (Å²) in [6.07, 6.45) is 5.91. The number of carbonyl (C=O) groups excluding carboxylic acids is 1. The minimum atomic E-state index is -0.308. The number of rotatable bonds is 7. The predicted molar refractivity (Wildman–Crippen MR) is 126 cm³/mol. The number of benzene rings is 2. The maximum atomic E-state index is 13.4. The minimum Gasteiger partial charge on any atom is -0.351 e. The number of nitrogens with zero attached hydrogens (tertiary/aromatic N) is 5. The van der Waals surface area contributed by atoms with E-state index >= 15 is 0 Å². The average Bonchev–Trinajstić information content (AvgIpc) is 3.58. The molecule has 2 aromatic carbocycles. The smallest absolute Gasteiger partial charge is 0.298 e. The zero-order chi connectivity index (χ0) is 23.3. The number of amides is 1. The number of piperidine rings is 1. The molecule has 1 aliphatic heterocycles. The molecule has 3 heterocycles. The van der Waals surface area contributed by atoms with Gasteiger partial charge in [-0.2, -0.15) is 0 Å². The highest BCUT2D eigenvalue weighted by Gasteiger charge is 2.32. The maximum absolute atomic E-state index is 13.4. The van der Waals surface area contributed by atoms with Crippen molar-refractivity contribution in [1.29, 1.82) is 0 Å². The van der Waals surface area contributed by atoms with Gasteiger partial charge in [-0.05, 0) is 49.1 Å². The molecule has 0 bridgehead atoms. The average molecular weight is 460 g/mol. The monoisotopic (exact) mass is 459 g/mol. The lowest BCUT2D eigenvalue weighted by molar-refractivity contribution is 0.0923. The molecule has 34 heavy (non-hydrogen) atoms. The van der Waals surface area contributed by atoms with Crippen molar-refractivity contribution in [1.82, 2.24) is 19.8 Å². The first kappa shape index (κ1) is 22.0. The zero-order valence-corrected chi connectivity index (χ0v) is 18.8. The van der Waals surface area contributed by atoms with E-state index in [1.807, 2.05) is 6.07 Å². The van der Waals surface area contributed by atoms with Gasteiger partial charge in [0.1, 0.15) is 5.82 Å². The van der Waals surface area contributed by atoms with E-state index in [1.165, 1.54) is 23.9 Å². The van der Waals surface area contributed by atoms with E-state index in [4.69, 9.17) is 4.52 Å². The van der Waals surface area contributed by atoms with Gasteiger partial charge in [0.2, 0.25) is 5.76 Å². The second-order valence-corrected chi connectivity index (χ2v) is 8.46. The third kappa shape index (κ3) is 4.92. The van der Waals surface area contributed by atoms with Gasteiger partial charge in [0.25, 0.3) is 5.91 Å². The molecule has 0 N–H and O–H groups in total. The van der Waals surface area contributed by atoms with Crippen LogP contribution < -0.4 is 4.90 Å². The van der Waals surface area contributed by atoms with Crippen molar-refractivity contribution >= 4 is 11.7 Å². The van der Waals surface area contributed by atoms with Crippen molar-refractivity contribution in [3.8, 4) is 5.69 Å². The van der Waals surface area contributed by atoms with E-state index in [0.29, 0.717) is 5.82 Å². The van der Waals surface area contributed by atoms with Crippen LogP contribution in [0.1, 0.15) is 29.0 Å². The molecule has 7 nitrogen and oxygen atoms in total. The molecule has 0 radical (unpaired) electrons. The van der Waals surface area contributed by atoms with Crippen LogP contribution in [0.3, 0.4) is 0 Å². The fraction of sp³-hybridized carbons (Fsp3) is 0.269. The number of carbonyl (C=O) groups is 1. The van der Waals surface area contributed by atoms with Crippen molar-refractivity contribution in [2.75, 3.05) is 24.5 Å². The number of likely N-dealkylation sites (tertiary alicyclic amines) is 1. The van der Waals surface area contributed by atoms with E-state index in [-0.39, 0.29) is 23.5 Å². The van der Waals surface area contributed by atoms with Crippen molar-refractivity contribution in [3.05, 3.63) is 96.3 Å². The lowest BCUT2D eigenvalue weighted by Crippen LogP contribution is -2.48. The largest absolute Gasteiger partial charge is 0.351 e. The third-order valence-electron chi connectivity index (χ3n) is 6.26. The van der Waals surface area contributed by atoms with Crippen molar-refractivity contribution in [2.24, 2.45) is 0 Å². The molecule has 2 aromatic heterocycles. The van der Waals surface area contributed by atoms with Crippen LogP contribution in [0.4, 0.5) is 10.2 Å². The summed E-state index contributed by atoms with van der Waals surface area (Å²) < 4.78 is 20.1. The molecule has 1 amide bonds. The van der Waals surface area contributed by atoms with Crippen LogP contribution in [0.25, 0.3) is 5.69 Å². The Morgan fingerprint density at radius 3 is 2.50 bits per heavy atom. The van der Waals surface area contributed by atoms with Crippen molar-refractivity contribution in [2.45, 2.75) is 25.3 Å². The van der Waals surface area contributed by atoms with Crippen LogP contribution in [0.2, 0.25) is 0 Å². The highest BCUT2D eigenvalue weighted by Crippen LogP contribution is 2.26. The Hall–Kier alpha value is -3.78. The van der Waals surface area contributed by atoms with E-state index in [0.717, 1.165) is 44.6 Å². The standard InChI is InChI=1S/C26H26FN5O2/c27-21-6-8-22(9-7-21)31-19-14-25(29-31)32(26(33)24-10-15-28-34-24)23-12-17-30(18-13-23)16-11-20-4-2-1-3-5-20/h1-10,14-15,19,23H,11-13,16-18H2. The lowest BCUT2D eigenvalue weighted by atomic mass is 10.0. The van der Waals surface area contributed by atoms with Crippen LogP contribution in [-0.4, -0.2) is 51.4 Å². The van der Waals surface area contributed by atoms with E-state index in [1.54, 1.807) is 40.0 Å². The molecule has 0 aliphatic carbocycles. The van der Waals surface area contributed by atoms with Gasteiger partial charge in [-0.25, -0.2) is 9.07 Å². The molecule has 1 fully saturated rings. The Morgan fingerprint density at radius 2 is 1.79 bits per heavy atom. The van der Waals surface area contributed by atoms with Crippen LogP contribution in [-0.2, 0) is 6.42 Å². The Morgan fingerprint density at radius 1 is 1.03 bits per heavy atom. The second-order valence-electron chi connectivity index (χ2n) is 8.46. The fourth-order valence-electron chi connectivity index (χ4n) is 4.42. The molecule has 8 heteroatoms. The molecule has 5 rings (SSSR count). The van der Waals surface area contributed by atoms with Gasteiger partial charge < -0.3 is 9.42 Å². The van der Waals surface area contributed by atoms with Crippen molar-refractivity contribution < 1.29 is 13.7 Å². The number of hydrogen-bond donors (Lipinski definition) is 0. The van der Waals surface area contributed by atoms with E-state index < -0.39 is 0 Å². The molecule has 0 unspecified atom stereocenters. The Kier molecular flexibility index (Phi) is 6.49. The van der Waals surface area contributed by atoms with Gasteiger partial charge >= 0.3 is 0 Å². The molecule has 0 spiro atoms. The molecule has 0 atom stereocenters. The molecular weight excluding hydrogens is 433 g/mol. The summed E-state index contributed by atoms with van der Waals surface area (Å²) in [5.74, 6) is 0.151. The van der Waals surface area contributed by atoms with Crippen LogP contribution >= 0.6 is 0 Å². The fourth-order valence-corrected chi connectivity index (χ4v) is 4.42. The molecular formula is C26H26FN5O2. The number of anilines is 1. The normalized spacial score (nSPS) is 14.9. The van der Waals surface area contributed by atoms with Crippen molar-refractivity contribution in [3.63, 3.8) is 0 Å². The van der Waals surface area contributed by atoms with Gasteiger partial charge in [-0.1, -0.05) is 35.5 Å². The summed E-state index contributed by atoms with van der Waals surface area (Å²) >= 11 is 0. The Labute approximate surface area is 197 Å². The van der Waals surface area contributed by atoms with Gasteiger partial charge in [0.15, 0.2) is 5.82 Å². The number of aromatic nitrogens is 3. The summed E-state index contributed by atoms with van der Waals surface area (Å²) in [5.41, 5.74) is 2.05. The Bertz CT molecular complexity index is 1200. The highest BCUT2D eigenvalue weighted by molar-refractivity contribution is 6.04. The quantitative estimate of drug-likeness (QED) is 0.411. The lowest BCUT2D eigenvalue weighted by Gasteiger charge is -2.37.